The Kier molecular flexibility index (Phi) is 9.84. The molecule has 230 valence electrons. The Morgan fingerprint density at radius 3 is 2.45 bits per heavy atom. The Hall–Kier alpha value is -4.38. The summed E-state index contributed by atoms with van der Waals surface area (Å²) in [6.07, 6.45) is 1.95. The molecule has 12 heteroatoms. The molecule has 0 saturated carbocycles. The predicted octanol–water partition coefficient (Wildman–Crippen LogP) is 5.52. The summed E-state index contributed by atoms with van der Waals surface area (Å²) >= 11 is 0. The number of piperidine rings is 1. The second-order valence-electron chi connectivity index (χ2n) is 10.8. The molecule has 3 aromatic carbocycles. The van der Waals surface area contributed by atoms with E-state index in [4.69, 9.17) is 19.6 Å². The van der Waals surface area contributed by atoms with Gasteiger partial charge >= 0.3 is 0 Å². The minimum absolute atomic E-state index is 0.0224. The van der Waals surface area contributed by atoms with Crippen molar-refractivity contribution in [3.05, 3.63) is 100 Å². The molecule has 0 aliphatic carbocycles. The van der Waals surface area contributed by atoms with Crippen LogP contribution in [0.25, 0.3) is 10.4 Å². The van der Waals surface area contributed by atoms with E-state index in [-0.39, 0.29) is 41.2 Å². The van der Waals surface area contributed by atoms with Crippen molar-refractivity contribution >= 4 is 27.3 Å². The third kappa shape index (κ3) is 6.72. The summed E-state index contributed by atoms with van der Waals surface area (Å²) in [4.78, 5) is 24.4. The maximum Gasteiger partial charge on any atom is 0.254 e. The molecule has 3 aromatic rings. The highest BCUT2D eigenvalue weighted by Crippen LogP contribution is 2.47. The smallest absolute Gasteiger partial charge is 0.254 e. The van der Waals surface area contributed by atoms with Gasteiger partial charge in [-0.3, -0.25) is 4.79 Å². The number of azide groups is 1. The SMILES string of the molecule is [N-]=[N+]=Nc1ccccc1[C@@H]1OC(c2ccc(OCCCO)cc2)=N[C@]1(CCS(=O)(=O)c1ccccc1)C(=O)N1CCCCC1. The normalized spacial score (nSPS) is 19.9. The highest BCUT2D eigenvalue weighted by Gasteiger charge is 2.55. The van der Waals surface area contributed by atoms with Crippen molar-refractivity contribution in [1.29, 1.82) is 0 Å². The number of carbonyl (C=O) groups is 1. The third-order valence-electron chi connectivity index (χ3n) is 7.88. The highest BCUT2D eigenvalue weighted by atomic mass is 32.2. The number of amides is 1. The number of hydrogen-bond donors (Lipinski definition) is 1. The number of nitrogens with zero attached hydrogens (tertiary/aromatic N) is 5. The topological polar surface area (TPSA) is 154 Å². The molecule has 0 unspecified atom stereocenters. The van der Waals surface area contributed by atoms with Crippen LogP contribution in [-0.2, 0) is 19.4 Å². The molecule has 0 spiro atoms. The first-order valence-electron chi connectivity index (χ1n) is 14.7. The van der Waals surface area contributed by atoms with Gasteiger partial charge in [-0.1, -0.05) is 47.6 Å². The molecule has 0 bridgehead atoms. The number of carbonyl (C=O) groups excluding carboxylic acids is 1. The molecule has 1 fully saturated rings. The van der Waals surface area contributed by atoms with Crippen LogP contribution in [0.3, 0.4) is 0 Å². The molecule has 5 rings (SSSR count). The van der Waals surface area contributed by atoms with E-state index in [1.54, 1.807) is 71.6 Å². The van der Waals surface area contributed by atoms with E-state index in [1.165, 1.54) is 12.1 Å². The van der Waals surface area contributed by atoms with Crippen LogP contribution in [0, 0.1) is 0 Å². The minimum Gasteiger partial charge on any atom is -0.494 e. The van der Waals surface area contributed by atoms with Crippen LogP contribution >= 0.6 is 0 Å². The molecule has 2 atom stereocenters. The summed E-state index contributed by atoms with van der Waals surface area (Å²) in [6, 6.07) is 21.9. The summed E-state index contributed by atoms with van der Waals surface area (Å²) in [7, 11) is -3.79. The number of ether oxygens (including phenoxy) is 2. The van der Waals surface area contributed by atoms with Gasteiger partial charge in [0, 0.05) is 54.3 Å². The molecule has 1 amide bonds. The van der Waals surface area contributed by atoms with Crippen molar-refractivity contribution in [2.45, 2.75) is 48.6 Å². The Balaban J connectivity index is 1.61. The van der Waals surface area contributed by atoms with Gasteiger partial charge in [0.1, 0.15) is 5.75 Å². The number of sulfone groups is 1. The van der Waals surface area contributed by atoms with E-state index in [1.807, 2.05) is 0 Å². The fourth-order valence-electron chi connectivity index (χ4n) is 5.59. The summed E-state index contributed by atoms with van der Waals surface area (Å²) in [5.41, 5.74) is 8.94. The maximum absolute atomic E-state index is 14.6. The zero-order chi connectivity index (χ0) is 31.0. The summed E-state index contributed by atoms with van der Waals surface area (Å²) in [6.45, 7) is 1.44. The fraction of sp³-hybridized carbons (Fsp3) is 0.375. The van der Waals surface area contributed by atoms with Crippen molar-refractivity contribution in [3.8, 4) is 5.75 Å². The van der Waals surface area contributed by atoms with Gasteiger partial charge < -0.3 is 19.5 Å². The Labute approximate surface area is 256 Å². The van der Waals surface area contributed by atoms with Crippen LogP contribution in [0.2, 0.25) is 0 Å². The van der Waals surface area contributed by atoms with Gasteiger partial charge in [-0.2, -0.15) is 0 Å². The van der Waals surface area contributed by atoms with Crippen molar-refractivity contribution < 1.29 is 27.8 Å². The van der Waals surface area contributed by atoms with E-state index in [0.717, 1.165) is 19.3 Å². The van der Waals surface area contributed by atoms with Crippen molar-refractivity contribution in [2.24, 2.45) is 10.1 Å². The molecular formula is C32H35N5O6S. The number of benzene rings is 3. The number of rotatable bonds is 12. The van der Waals surface area contributed by atoms with Crippen LogP contribution in [0.15, 0.2) is 93.9 Å². The number of aliphatic hydroxyl groups is 1. The average Bonchev–Trinajstić information content (AvgIpc) is 3.46. The number of aliphatic hydroxyl groups excluding tert-OH is 1. The minimum atomic E-state index is -3.79. The second kappa shape index (κ2) is 13.9. The lowest BCUT2D eigenvalue weighted by Crippen LogP contribution is -2.52. The van der Waals surface area contributed by atoms with Gasteiger partial charge in [0.15, 0.2) is 21.5 Å². The van der Waals surface area contributed by atoms with E-state index >= 15 is 0 Å². The van der Waals surface area contributed by atoms with Crippen LogP contribution in [-0.4, -0.2) is 67.8 Å². The predicted molar refractivity (Wildman–Crippen MR) is 166 cm³/mol. The molecule has 0 aromatic heterocycles. The Morgan fingerprint density at radius 2 is 1.75 bits per heavy atom. The van der Waals surface area contributed by atoms with Crippen LogP contribution < -0.4 is 4.74 Å². The Morgan fingerprint density at radius 1 is 1.05 bits per heavy atom. The van der Waals surface area contributed by atoms with E-state index in [2.05, 4.69) is 10.0 Å². The zero-order valence-corrected chi connectivity index (χ0v) is 25.1. The van der Waals surface area contributed by atoms with Crippen LogP contribution in [0.5, 0.6) is 5.75 Å². The lowest BCUT2D eigenvalue weighted by atomic mass is 9.83. The first kappa shape index (κ1) is 31.1. The Bertz CT molecular complexity index is 1640. The van der Waals surface area contributed by atoms with Crippen molar-refractivity contribution in [2.75, 3.05) is 32.1 Å². The molecule has 1 saturated heterocycles. The van der Waals surface area contributed by atoms with Gasteiger partial charge in [0.25, 0.3) is 5.91 Å². The molecule has 1 N–H and O–H groups in total. The lowest BCUT2D eigenvalue weighted by Gasteiger charge is -2.37. The standard InChI is InChI=1S/C32H35N5O6S/c33-36-35-28-13-6-5-12-27(28)29-32(31(39)37-19-7-2-8-20-37,18-23-44(40,41)26-10-3-1-4-11-26)34-30(43-29)24-14-16-25(17-15-24)42-22-9-21-38/h1,3-6,10-17,29,38H,2,7-9,18-23H2/t29-,32-/m0/s1. The molecule has 0 radical (unpaired) electrons. The molecule has 11 nitrogen and oxygen atoms in total. The highest BCUT2D eigenvalue weighted by molar-refractivity contribution is 7.91. The summed E-state index contributed by atoms with van der Waals surface area (Å²) in [5, 5.41) is 12.9. The monoisotopic (exact) mass is 617 g/mol. The molecule has 2 heterocycles. The van der Waals surface area contributed by atoms with Gasteiger partial charge in [-0.05, 0) is 61.2 Å². The van der Waals surface area contributed by atoms with Crippen molar-refractivity contribution in [3.63, 3.8) is 0 Å². The number of likely N-dealkylation sites (tertiary alicyclic amines) is 1. The summed E-state index contributed by atoms with van der Waals surface area (Å²) in [5.74, 6) is 0.0973. The fourth-order valence-corrected chi connectivity index (χ4v) is 6.97. The van der Waals surface area contributed by atoms with Crippen molar-refractivity contribution in [1.82, 2.24) is 4.90 Å². The third-order valence-corrected chi connectivity index (χ3v) is 9.61. The second-order valence-corrected chi connectivity index (χ2v) is 12.9. The molecule has 2 aliphatic rings. The number of aliphatic imine (C=N–C) groups is 1. The maximum atomic E-state index is 14.6. The average molecular weight is 618 g/mol. The van der Waals surface area contributed by atoms with E-state index in [0.29, 0.717) is 43.0 Å². The first-order chi connectivity index (χ1) is 21.4. The van der Waals surface area contributed by atoms with Crippen LogP contribution in [0.4, 0.5) is 5.69 Å². The first-order valence-corrected chi connectivity index (χ1v) is 16.3. The largest absolute Gasteiger partial charge is 0.494 e. The quantitative estimate of drug-likeness (QED) is 0.122. The molecule has 44 heavy (non-hydrogen) atoms. The van der Waals surface area contributed by atoms with Gasteiger partial charge in [-0.25, -0.2) is 13.4 Å². The molecule has 2 aliphatic heterocycles. The lowest BCUT2D eigenvalue weighted by molar-refractivity contribution is -0.140. The summed E-state index contributed by atoms with van der Waals surface area (Å²) < 4.78 is 39.2. The zero-order valence-electron chi connectivity index (χ0n) is 24.3. The molecular weight excluding hydrogens is 582 g/mol. The van der Waals surface area contributed by atoms with Gasteiger partial charge in [0.2, 0.25) is 5.90 Å². The number of hydrogen-bond acceptors (Lipinski definition) is 8. The van der Waals surface area contributed by atoms with Gasteiger partial charge in [-0.15, -0.1) is 0 Å². The van der Waals surface area contributed by atoms with Gasteiger partial charge in [0.05, 0.1) is 17.3 Å². The van der Waals surface area contributed by atoms with Crippen LogP contribution in [0.1, 0.15) is 49.3 Å². The van der Waals surface area contributed by atoms with E-state index in [9.17, 15) is 18.7 Å². The van der Waals surface area contributed by atoms with E-state index < -0.39 is 21.5 Å².